The van der Waals surface area contributed by atoms with Crippen molar-refractivity contribution in [3.63, 3.8) is 0 Å². The lowest BCUT2D eigenvalue weighted by molar-refractivity contribution is -0.384. The number of hydrogen-bond acceptors (Lipinski definition) is 4. The van der Waals surface area contributed by atoms with Crippen molar-refractivity contribution in [1.82, 2.24) is 4.90 Å². The minimum absolute atomic E-state index is 0.0120. The number of carbonyl (C=O) groups is 1. The first kappa shape index (κ1) is 14.3. The maximum Gasteiger partial charge on any atom is 0.287 e. The lowest BCUT2D eigenvalue weighted by Crippen LogP contribution is -2.51. The molecule has 3 rings (SSSR count). The quantitative estimate of drug-likeness (QED) is 0.622. The second-order valence-corrected chi connectivity index (χ2v) is 5.74. The van der Waals surface area contributed by atoms with Gasteiger partial charge in [-0.05, 0) is 31.4 Å². The summed E-state index contributed by atoms with van der Waals surface area (Å²) >= 11 is 5.88. The molecule has 1 aliphatic heterocycles. The molecule has 1 heterocycles. The van der Waals surface area contributed by atoms with Gasteiger partial charge in [-0.1, -0.05) is 11.6 Å². The number of nitrogens with zero attached hydrogens (tertiary/aromatic N) is 2. The van der Waals surface area contributed by atoms with Crippen LogP contribution >= 0.6 is 11.6 Å². The fourth-order valence-corrected chi connectivity index (χ4v) is 3.38. The van der Waals surface area contributed by atoms with Gasteiger partial charge in [-0.3, -0.25) is 14.9 Å². The topological polar surface area (TPSA) is 72.7 Å². The molecule has 21 heavy (non-hydrogen) atoms. The van der Waals surface area contributed by atoms with Gasteiger partial charge in [-0.15, -0.1) is 0 Å². The SMILES string of the molecule is O=C(c1ccc([N+](=O)[O-])c(Cl)c1)N1CCOC2CCCC21. The number of nitro benzene ring substituents is 1. The first-order valence-electron chi connectivity index (χ1n) is 6.94. The van der Waals surface area contributed by atoms with Crippen molar-refractivity contribution < 1.29 is 14.5 Å². The summed E-state index contributed by atoms with van der Waals surface area (Å²) in [6.07, 6.45) is 3.10. The van der Waals surface area contributed by atoms with Gasteiger partial charge in [0, 0.05) is 18.2 Å². The van der Waals surface area contributed by atoms with Crippen LogP contribution in [0.3, 0.4) is 0 Å². The highest BCUT2D eigenvalue weighted by Gasteiger charge is 2.38. The zero-order valence-corrected chi connectivity index (χ0v) is 12.1. The van der Waals surface area contributed by atoms with Gasteiger partial charge in [0.1, 0.15) is 5.02 Å². The van der Waals surface area contributed by atoms with E-state index in [1.54, 1.807) is 0 Å². The van der Waals surface area contributed by atoms with Crippen molar-refractivity contribution >= 4 is 23.2 Å². The van der Waals surface area contributed by atoms with Crippen LogP contribution in [0.4, 0.5) is 5.69 Å². The Kier molecular flexibility index (Phi) is 3.82. The molecule has 2 atom stereocenters. The van der Waals surface area contributed by atoms with Gasteiger partial charge in [0.05, 0.1) is 23.7 Å². The fraction of sp³-hybridized carbons (Fsp3) is 0.500. The van der Waals surface area contributed by atoms with Crippen LogP contribution in [0.5, 0.6) is 0 Å². The van der Waals surface area contributed by atoms with E-state index in [1.807, 2.05) is 4.90 Å². The molecule has 0 aromatic heterocycles. The van der Waals surface area contributed by atoms with Crippen LogP contribution in [0.25, 0.3) is 0 Å². The molecule has 6 nitrogen and oxygen atoms in total. The molecule has 7 heteroatoms. The summed E-state index contributed by atoms with van der Waals surface area (Å²) in [6.45, 7) is 1.09. The summed E-state index contributed by atoms with van der Waals surface area (Å²) in [5.74, 6) is -0.132. The lowest BCUT2D eigenvalue weighted by Gasteiger charge is -2.37. The van der Waals surface area contributed by atoms with Gasteiger partial charge in [-0.2, -0.15) is 0 Å². The predicted octanol–water partition coefficient (Wildman–Crippen LogP) is 2.64. The molecule has 1 aromatic carbocycles. The van der Waals surface area contributed by atoms with E-state index in [-0.39, 0.29) is 28.8 Å². The molecule has 112 valence electrons. The minimum Gasteiger partial charge on any atom is -0.374 e. The number of hydrogen-bond donors (Lipinski definition) is 0. The summed E-state index contributed by atoms with van der Waals surface area (Å²) in [7, 11) is 0. The second kappa shape index (κ2) is 5.61. The van der Waals surface area contributed by atoms with Crippen molar-refractivity contribution in [2.45, 2.75) is 31.4 Å². The number of ether oxygens (including phenoxy) is 1. The van der Waals surface area contributed by atoms with Crippen molar-refractivity contribution in [1.29, 1.82) is 0 Å². The zero-order chi connectivity index (χ0) is 15.0. The van der Waals surface area contributed by atoms with Gasteiger partial charge in [0.15, 0.2) is 0 Å². The Labute approximate surface area is 126 Å². The Hall–Kier alpha value is -1.66. The number of morpholine rings is 1. The zero-order valence-electron chi connectivity index (χ0n) is 11.3. The fourth-order valence-electron chi connectivity index (χ4n) is 3.13. The third-order valence-corrected chi connectivity index (χ3v) is 4.44. The maximum absolute atomic E-state index is 12.6. The molecule has 1 saturated heterocycles. The second-order valence-electron chi connectivity index (χ2n) is 5.33. The van der Waals surface area contributed by atoms with Crippen LogP contribution in [0, 0.1) is 10.1 Å². The van der Waals surface area contributed by atoms with E-state index >= 15 is 0 Å². The van der Waals surface area contributed by atoms with Crippen molar-refractivity contribution in [2.75, 3.05) is 13.2 Å². The molecule has 0 spiro atoms. The summed E-state index contributed by atoms with van der Waals surface area (Å²) in [6, 6.07) is 4.23. The van der Waals surface area contributed by atoms with E-state index in [4.69, 9.17) is 16.3 Å². The Bertz CT molecular complexity index is 592. The van der Waals surface area contributed by atoms with Gasteiger partial charge in [0.25, 0.3) is 11.6 Å². The van der Waals surface area contributed by atoms with Crippen LogP contribution in [-0.4, -0.2) is 41.0 Å². The van der Waals surface area contributed by atoms with Crippen molar-refractivity contribution in [3.05, 3.63) is 38.9 Å². The maximum atomic E-state index is 12.6. The van der Waals surface area contributed by atoms with E-state index in [2.05, 4.69) is 0 Å². The molecule has 2 unspecified atom stereocenters. The molecule has 2 fully saturated rings. The predicted molar refractivity (Wildman–Crippen MR) is 76.5 cm³/mol. The van der Waals surface area contributed by atoms with Crippen LogP contribution < -0.4 is 0 Å². The average molecular weight is 311 g/mol. The number of fused-ring (bicyclic) bond motifs is 1. The normalized spacial score (nSPS) is 24.7. The molecule has 0 radical (unpaired) electrons. The van der Waals surface area contributed by atoms with Gasteiger partial charge >= 0.3 is 0 Å². The van der Waals surface area contributed by atoms with E-state index in [9.17, 15) is 14.9 Å². The third-order valence-electron chi connectivity index (χ3n) is 4.13. The highest BCUT2D eigenvalue weighted by Crippen LogP contribution is 2.32. The minimum atomic E-state index is -0.557. The number of rotatable bonds is 2. The monoisotopic (exact) mass is 310 g/mol. The Balaban J connectivity index is 1.84. The molecule has 1 aliphatic carbocycles. The Morgan fingerprint density at radius 1 is 1.43 bits per heavy atom. The summed E-state index contributed by atoms with van der Waals surface area (Å²) in [4.78, 5) is 24.6. The number of nitro groups is 1. The largest absolute Gasteiger partial charge is 0.374 e. The van der Waals surface area contributed by atoms with Crippen molar-refractivity contribution in [2.24, 2.45) is 0 Å². The lowest BCUT2D eigenvalue weighted by atomic mass is 10.1. The van der Waals surface area contributed by atoms with Crippen LogP contribution in [0.2, 0.25) is 5.02 Å². The van der Waals surface area contributed by atoms with Gasteiger partial charge < -0.3 is 9.64 Å². The van der Waals surface area contributed by atoms with Crippen LogP contribution in [-0.2, 0) is 4.74 Å². The molecular weight excluding hydrogens is 296 g/mol. The first-order valence-corrected chi connectivity index (χ1v) is 7.32. The van der Waals surface area contributed by atoms with E-state index in [0.29, 0.717) is 18.7 Å². The summed E-state index contributed by atoms with van der Waals surface area (Å²) in [5.41, 5.74) is 0.201. The van der Waals surface area contributed by atoms with E-state index in [1.165, 1.54) is 18.2 Å². The molecule has 1 saturated carbocycles. The molecule has 0 N–H and O–H groups in total. The first-order chi connectivity index (χ1) is 10.1. The van der Waals surface area contributed by atoms with Gasteiger partial charge in [0.2, 0.25) is 0 Å². The van der Waals surface area contributed by atoms with Crippen molar-refractivity contribution in [3.8, 4) is 0 Å². The molecular formula is C14H15ClN2O4. The molecule has 0 bridgehead atoms. The number of halogens is 1. The Morgan fingerprint density at radius 3 is 2.95 bits per heavy atom. The van der Waals surface area contributed by atoms with Gasteiger partial charge in [-0.25, -0.2) is 0 Å². The third kappa shape index (κ3) is 2.61. The average Bonchev–Trinajstić information content (AvgIpc) is 2.94. The highest BCUT2D eigenvalue weighted by molar-refractivity contribution is 6.33. The molecule has 2 aliphatic rings. The standard InChI is InChI=1S/C14H15ClN2O4/c15-10-8-9(4-5-11(10)17(19)20)14(18)16-6-7-21-13-3-1-2-12(13)16/h4-5,8,12-13H,1-3,6-7H2. The number of benzene rings is 1. The number of carbonyl (C=O) groups excluding carboxylic acids is 1. The summed E-state index contributed by atoms with van der Waals surface area (Å²) in [5, 5.41) is 10.8. The van der Waals surface area contributed by atoms with E-state index in [0.717, 1.165) is 19.3 Å². The smallest absolute Gasteiger partial charge is 0.287 e. The highest BCUT2D eigenvalue weighted by atomic mass is 35.5. The number of amides is 1. The molecule has 1 amide bonds. The Morgan fingerprint density at radius 2 is 2.24 bits per heavy atom. The van der Waals surface area contributed by atoms with Crippen LogP contribution in [0.1, 0.15) is 29.6 Å². The van der Waals surface area contributed by atoms with E-state index < -0.39 is 4.92 Å². The summed E-state index contributed by atoms with van der Waals surface area (Å²) < 4.78 is 5.68. The molecule has 1 aromatic rings. The van der Waals surface area contributed by atoms with Crippen LogP contribution in [0.15, 0.2) is 18.2 Å².